The smallest absolute Gasteiger partial charge is 0.338 e. The van der Waals surface area contributed by atoms with E-state index < -0.39 is 23.5 Å². The quantitative estimate of drug-likeness (QED) is 0.498. The van der Waals surface area contributed by atoms with Crippen LogP contribution in [0.1, 0.15) is 15.9 Å². The van der Waals surface area contributed by atoms with Crippen LogP contribution in [0.5, 0.6) is 0 Å². The van der Waals surface area contributed by atoms with Crippen LogP contribution in [-0.2, 0) is 6.18 Å². The monoisotopic (exact) mass is 401 g/mol. The average Bonchev–Trinajstić information content (AvgIpc) is 3.12. The topological polar surface area (TPSA) is 83.6 Å². The van der Waals surface area contributed by atoms with E-state index in [0.717, 1.165) is 12.1 Å². The summed E-state index contributed by atoms with van der Waals surface area (Å²) in [5.41, 5.74) is -0.839. The highest BCUT2D eigenvalue weighted by atomic mass is 19.4. The number of halogens is 4. The number of H-pyrrole nitrogens is 1. The molecule has 1 amide bonds. The second-order valence-electron chi connectivity index (χ2n) is 6.04. The third-order valence-electron chi connectivity index (χ3n) is 4.11. The molecule has 2 aromatic heterocycles. The molecule has 0 atom stereocenters. The zero-order valence-electron chi connectivity index (χ0n) is 14.5. The van der Waals surface area contributed by atoms with Gasteiger partial charge in [0.1, 0.15) is 17.2 Å². The summed E-state index contributed by atoms with van der Waals surface area (Å²) >= 11 is 0. The van der Waals surface area contributed by atoms with Crippen LogP contribution >= 0.6 is 0 Å². The highest BCUT2D eigenvalue weighted by molar-refractivity contribution is 6.11. The minimum Gasteiger partial charge on any atom is -0.338 e. The number of nitrogens with one attached hydrogen (secondary N) is 2. The van der Waals surface area contributed by atoms with E-state index in [2.05, 4.69) is 25.5 Å². The van der Waals surface area contributed by atoms with Crippen LogP contribution in [0.15, 0.2) is 54.7 Å². The molecule has 29 heavy (non-hydrogen) atoms. The first-order valence-corrected chi connectivity index (χ1v) is 8.28. The molecule has 0 fully saturated rings. The highest BCUT2D eigenvalue weighted by Gasteiger charge is 2.35. The molecule has 0 spiro atoms. The predicted octanol–water partition coefficient (Wildman–Crippen LogP) is 4.43. The van der Waals surface area contributed by atoms with Gasteiger partial charge in [0.05, 0.1) is 16.6 Å². The molecule has 146 valence electrons. The molecule has 4 aromatic rings. The van der Waals surface area contributed by atoms with Crippen LogP contribution in [0, 0.1) is 5.82 Å². The Labute approximate surface area is 160 Å². The van der Waals surface area contributed by atoms with Crippen molar-refractivity contribution >= 4 is 22.8 Å². The van der Waals surface area contributed by atoms with Gasteiger partial charge in [0.15, 0.2) is 5.82 Å². The fourth-order valence-electron chi connectivity index (χ4n) is 2.85. The van der Waals surface area contributed by atoms with Gasteiger partial charge >= 0.3 is 6.18 Å². The fourth-order valence-corrected chi connectivity index (χ4v) is 2.85. The van der Waals surface area contributed by atoms with Gasteiger partial charge in [0.2, 0.25) is 0 Å². The van der Waals surface area contributed by atoms with E-state index >= 15 is 0 Å². The van der Waals surface area contributed by atoms with Gasteiger partial charge in [-0.3, -0.25) is 4.79 Å². The molecule has 2 N–H and O–H groups in total. The SMILES string of the molecule is O=C(Nc1cccnn1)c1cccc2[nH]c(-c3ccc(F)cc3C(F)(F)F)nc12. The van der Waals surface area contributed by atoms with Crippen molar-refractivity contribution in [3.05, 3.63) is 71.7 Å². The summed E-state index contributed by atoms with van der Waals surface area (Å²) in [6.45, 7) is 0. The first kappa shape index (κ1) is 18.5. The summed E-state index contributed by atoms with van der Waals surface area (Å²) in [6.07, 6.45) is -3.33. The Hall–Kier alpha value is -3.82. The third-order valence-corrected chi connectivity index (χ3v) is 4.11. The van der Waals surface area contributed by atoms with Crippen molar-refractivity contribution in [1.82, 2.24) is 20.2 Å². The first-order valence-electron chi connectivity index (χ1n) is 8.28. The molecule has 2 aromatic carbocycles. The number of aromatic amines is 1. The zero-order valence-corrected chi connectivity index (χ0v) is 14.5. The van der Waals surface area contributed by atoms with Crippen molar-refractivity contribution in [3.63, 3.8) is 0 Å². The number of anilines is 1. The van der Waals surface area contributed by atoms with Crippen molar-refractivity contribution in [1.29, 1.82) is 0 Å². The van der Waals surface area contributed by atoms with E-state index in [4.69, 9.17) is 0 Å². The minimum atomic E-state index is -4.78. The number of hydrogen-bond donors (Lipinski definition) is 2. The van der Waals surface area contributed by atoms with Crippen molar-refractivity contribution in [2.24, 2.45) is 0 Å². The molecule has 0 aliphatic carbocycles. The molecule has 4 rings (SSSR count). The number of rotatable bonds is 3. The number of aromatic nitrogens is 4. The van der Waals surface area contributed by atoms with Gasteiger partial charge in [-0.05, 0) is 42.5 Å². The molecular formula is C19H11F4N5O. The average molecular weight is 401 g/mol. The Morgan fingerprint density at radius 1 is 1.07 bits per heavy atom. The van der Waals surface area contributed by atoms with Gasteiger partial charge in [-0.1, -0.05) is 6.07 Å². The summed E-state index contributed by atoms with van der Waals surface area (Å²) in [7, 11) is 0. The first-order chi connectivity index (χ1) is 13.8. The molecule has 0 bridgehead atoms. The van der Waals surface area contributed by atoms with Gasteiger partial charge in [-0.15, -0.1) is 5.10 Å². The number of para-hydroxylation sites is 1. The Balaban J connectivity index is 1.79. The molecule has 0 aliphatic heterocycles. The number of imidazole rings is 1. The summed E-state index contributed by atoms with van der Waals surface area (Å²) < 4.78 is 53.4. The number of hydrogen-bond acceptors (Lipinski definition) is 4. The van der Waals surface area contributed by atoms with E-state index in [9.17, 15) is 22.4 Å². The lowest BCUT2D eigenvalue weighted by Crippen LogP contribution is -2.13. The zero-order chi connectivity index (χ0) is 20.6. The molecule has 2 heterocycles. The summed E-state index contributed by atoms with van der Waals surface area (Å²) in [5.74, 6) is -1.49. The maximum atomic E-state index is 13.4. The maximum Gasteiger partial charge on any atom is 0.417 e. The summed E-state index contributed by atoms with van der Waals surface area (Å²) in [4.78, 5) is 19.5. The second-order valence-corrected chi connectivity index (χ2v) is 6.04. The minimum absolute atomic E-state index is 0.131. The predicted molar refractivity (Wildman–Crippen MR) is 96.5 cm³/mol. The van der Waals surface area contributed by atoms with Crippen LogP contribution in [-0.4, -0.2) is 26.1 Å². The van der Waals surface area contributed by atoms with Crippen molar-refractivity contribution in [2.45, 2.75) is 6.18 Å². The molecule has 10 heteroatoms. The maximum absolute atomic E-state index is 13.4. The van der Waals surface area contributed by atoms with Gasteiger partial charge in [0, 0.05) is 11.8 Å². The summed E-state index contributed by atoms with van der Waals surface area (Å²) in [6, 6.07) is 10.1. The van der Waals surface area contributed by atoms with Crippen LogP contribution in [0.25, 0.3) is 22.4 Å². The van der Waals surface area contributed by atoms with Gasteiger partial charge < -0.3 is 10.3 Å². The molecule has 0 saturated carbocycles. The fraction of sp³-hybridized carbons (Fsp3) is 0.0526. The lowest BCUT2D eigenvalue weighted by atomic mass is 10.1. The largest absolute Gasteiger partial charge is 0.417 e. The molecule has 0 unspecified atom stereocenters. The van der Waals surface area contributed by atoms with E-state index in [1.807, 2.05) is 0 Å². The van der Waals surface area contributed by atoms with Gasteiger partial charge in [-0.2, -0.15) is 18.3 Å². The second kappa shape index (κ2) is 6.97. The van der Waals surface area contributed by atoms with Crippen molar-refractivity contribution < 1.29 is 22.4 Å². The Bertz CT molecular complexity index is 1200. The van der Waals surface area contributed by atoms with E-state index in [1.54, 1.807) is 18.2 Å². The number of nitrogens with zero attached hydrogens (tertiary/aromatic N) is 3. The van der Waals surface area contributed by atoms with Crippen LogP contribution in [0.3, 0.4) is 0 Å². The normalized spacial score (nSPS) is 11.6. The molecule has 6 nitrogen and oxygen atoms in total. The van der Waals surface area contributed by atoms with Gasteiger partial charge in [-0.25, -0.2) is 9.37 Å². The van der Waals surface area contributed by atoms with E-state index in [1.165, 1.54) is 18.3 Å². The number of benzene rings is 2. The molecule has 0 radical (unpaired) electrons. The number of amides is 1. The molecule has 0 aliphatic rings. The van der Waals surface area contributed by atoms with Crippen LogP contribution in [0.2, 0.25) is 0 Å². The lowest BCUT2D eigenvalue weighted by Gasteiger charge is -2.11. The molecular weight excluding hydrogens is 390 g/mol. The highest BCUT2D eigenvalue weighted by Crippen LogP contribution is 2.37. The van der Waals surface area contributed by atoms with Crippen LogP contribution < -0.4 is 5.32 Å². The number of fused-ring (bicyclic) bond motifs is 1. The van der Waals surface area contributed by atoms with Crippen molar-refractivity contribution in [3.8, 4) is 11.4 Å². The third kappa shape index (κ3) is 3.64. The van der Waals surface area contributed by atoms with E-state index in [-0.39, 0.29) is 28.3 Å². The standard InChI is InChI=1S/C19H11F4N5O/c20-10-6-7-11(13(9-10)19(21,22)23)17-25-14-4-1-3-12(16(14)27-17)18(29)26-15-5-2-8-24-28-15/h1-9H,(H,25,27)(H,26,28,29). The summed E-state index contributed by atoms with van der Waals surface area (Å²) in [5, 5.41) is 9.95. The number of alkyl halides is 3. The Morgan fingerprint density at radius 3 is 2.62 bits per heavy atom. The van der Waals surface area contributed by atoms with Crippen molar-refractivity contribution in [2.75, 3.05) is 5.32 Å². The number of carbonyl (C=O) groups is 1. The van der Waals surface area contributed by atoms with Crippen LogP contribution in [0.4, 0.5) is 23.4 Å². The van der Waals surface area contributed by atoms with Gasteiger partial charge in [0.25, 0.3) is 5.91 Å². The molecule has 0 saturated heterocycles. The number of carbonyl (C=O) groups excluding carboxylic acids is 1. The Morgan fingerprint density at radius 2 is 1.90 bits per heavy atom. The van der Waals surface area contributed by atoms with E-state index in [0.29, 0.717) is 11.6 Å². The Kier molecular flexibility index (Phi) is 4.45. The lowest BCUT2D eigenvalue weighted by molar-refractivity contribution is -0.137.